The van der Waals surface area contributed by atoms with Crippen LogP contribution in [0, 0.1) is 17.5 Å². The quantitative estimate of drug-likeness (QED) is 0.489. The van der Waals surface area contributed by atoms with E-state index in [4.69, 9.17) is 33.0 Å². The average Bonchev–Trinajstić information content (AvgIpc) is 2.66. The fourth-order valence-corrected chi connectivity index (χ4v) is 3.41. The Labute approximate surface area is 179 Å². The first-order valence-corrected chi connectivity index (χ1v) is 9.20. The van der Waals surface area contributed by atoms with Gasteiger partial charge in [-0.15, -0.1) is 0 Å². The number of aromatic hydroxyl groups is 1. The molecule has 156 valence electrons. The third kappa shape index (κ3) is 4.80. The fraction of sp³-hybridized carbons (Fsp3) is 0.0952. The van der Waals surface area contributed by atoms with E-state index in [0.717, 1.165) is 18.2 Å². The molecule has 9 heteroatoms. The molecule has 0 fully saturated rings. The van der Waals surface area contributed by atoms with Crippen LogP contribution in [0.1, 0.15) is 11.1 Å². The zero-order valence-electron chi connectivity index (χ0n) is 15.1. The number of hydrogen-bond acceptors (Lipinski definition) is 3. The second-order valence-electron chi connectivity index (χ2n) is 6.31. The van der Waals surface area contributed by atoms with Gasteiger partial charge >= 0.3 is 5.97 Å². The van der Waals surface area contributed by atoms with Crippen molar-refractivity contribution in [2.75, 3.05) is 6.61 Å². The number of phenolic OH excluding ortho intramolecular Hbond substituents is 1. The lowest BCUT2D eigenvalue weighted by Gasteiger charge is -2.13. The Morgan fingerprint density at radius 1 is 0.933 bits per heavy atom. The van der Waals surface area contributed by atoms with Crippen LogP contribution in [0.4, 0.5) is 13.2 Å². The van der Waals surface area contributed by atoms with E-state index in [1.807, 2.05) is 0 Å². The third-order valence-electron chi connectivity index (χ3n) is 4.24. The van der Waals surface area contributed by atoms with E-state index in [-0.39, 0.29) is 38.9 Å². The predicted molar refractivity (Wildman–Crippen MR) is 106 cm³/mol. The van der Waals surface area contributed by atoms with Crippen molar-refractivity contribution < 1.29 is 32.9 Å². The van der Waals surface area contributed by atoms with Crippen molar-refractivity contribution in [3.8, 4) is 22.6 Å². The lowest BCUT2D eigenvalue weighted by Crippen LogP contribution is -2.09. The molecule has 0 aliphatic heterocycles. The summed E-state index contributed by atoms with van der Waals surface area (Å²) in [6.07, 6.45) is -0.0837. The number of hydrogen-bond donors (Lipinski definition) is 2. The Kier molecular flexibility index (Phi) is 6.43. The number of ether oxygens (including phenoxy) is 1. The highest BCUT2D eigenvalue weighted by Crippen LogP contribution is 2.36. The third-order valence-corrected chi connectivity index (χ3v) is 4.91. The van der Waals surface area contributed by atoms with E-state index >= 15 is 0 Å². The number of carboxylic acids is 1. The van der Waals surface area contributed by atoms with Crippen LogP contribution < -0.4 is 4.74 Å². The van der Waals surface area contributed by atoms with Gasteiger partial charge in [0.1, 0.15) is 17.3 Å². The van der Waals surface area contributed by atoms with Gasteiger partial charge in [0.15, 0.2) is 18.2 Å². The van der Waals surface area contributed by atoms with Gasteiger partial charge in [-0.05, 0) is 47.0 Å². The van der Waals surface area contributed by atoms with Crippen LogP contribution in [0.3, 0.4) is 0 Å². The maximum Gasteiger partial charge on any atom is 0.341 e. The van der Waals surface area contributed by atoms with Crippen LogP contribution in [-0.4, -0.2) is 22.8 Å². The summed E-state index contributed by atoms with van der Waals surface area (Å²) in [7, 11) is 0. The minimum absolute atomic E-state index is 0.0837. The Hall–Kier alpha value is -2.90. The second-order valence-corrected chi connectivity index (χ2v) is 7.13. The molecule has 0 aliphatic carbocycles. The molecule has 0 saturated heterocycles. The largest absolute Gasteiger partial charge is 0.507 e. The van der Waals surface area contributed by atoms with E-state index in [9.17, 15) is 23.1 Å². The van der Waals surface area contributed by atoms with Crippen molar-refractivity contribution in [2.45, 2.75) is 6.42 Å². The van der Waals surface area contributed by atoms with Crippen LogP contribution in [0.25, 0.3) is 11.1 Å². The van der Waals surface area contributed by atoms with Gasteiger partial charge in [0.2, 0.25) is 0 Å². The predicted octanol–water partition coefficient (Wildman–Crippen LogP) is 5.84. The summed E-state index contributed by atoms with van der Waals surface area (Å²) in [6, 6.07) is 7.89. The van der Waals surface area contributed by atoms with Gasteiger partial charge in [0, 0.05) is 28.1 Å². The molecule has 0 heterocycles. The van der Waals surface area contributed by atoms with Gasteiger partial charge in [0.25, 0.3) is 0 Å². The highest BCUT2D eigenvalue weighted by atomic mass is 35.5. The maximum absolute atomic E-state index is 14.5. The fourth-order valence-electron chi connectivity index (χ4n) is 2.81. The summed E-state index contributed by atoms with van der Waals surface area (Å²) in [5.74, 6) is -4.41. The van der Waals surface area contributed by atoms with Crippen LogP contribution in [0.15, 0.2) is 42.5 Å². The molecular formula is C21H13Cl2F3O4. The highest BCUT2D eigenvalue weighted by molar-refractivity contribution is 6.36. The first-order chi connectivity index (χ1) is 14.2. The molecule has 0 aromatic heterocycles. The second kappa shape index (κ2) is 8.85. The van der Waals surface area contributed by atoms with Crippen LogP contribution >= 0.6 is 23.2 Å². The summed E-state index contributed by atoms with van der Waals surface area (Å²) < 4.78 is 46.2. The van der Waals surface area contributed by atoms with Crippen LogP contribution in [0.5, 0.6) is 11.5 Å². The molecule has 30 heavy (non-hydrogen) atoms. The Bertz CT molecular complexity index is 1110. The van der Waals surface area contributed by atoms with Gasteiger partial charge in [-0.3, -0.25) is 0 Å². The maximum atomic E-state index is 14.5. The van der Waals surface area contributed by atoms with Crippen molar-refractivity contribution in [2.24, 2.45) is 0 Å². The average molecular weight is 457 g/mol. The van der Waals surface area contributed by atoms with Crippen molar-refractivity contribution in [1.29, 1.82) is 0 Å². The minimum atomic E-state index is -1.18. The molecule has 0 spiro atoms. The van der Waals surface area contributed by atoms with Gasteiger partial charge < -0.3 is 14.9 Å². The lowest BCUT2D eigenvalue weighted by atomic mass is 9.97. The van der Waals surface area contributed by atoms with E-state index < -0.39 is 35.8 Å². The standard InChI is InChI=1S/C21H13Cl2F3O4/c22-15-6-12(30-9-21(28)29)7-16(23)14(15)4-11-3-13(20(27)8-18(11)25)10-1-2-17(24)19(26)5-10/h1-3,5-8,27H,4,9H2,(H,28,29). The van der Waals surface area contributed by atoms with E-state index in [2.05, 4.69) is 0 Å². The number of carbonyl (C=O) groups is 1. The number of carboxylic acid groups (broad SMARTS) is 1. The topological polar surface area (TPSA) is 66.8 Å². The molecule has 3 rings (SSSR count). The molecule has 0 bridgehead atoms. The Morgan fingerprint density at radius 2 is 1.60 bits per heavy atom. The number of phenols is 1. The van der Waals surface area contributed by atoms with Gasteiger partial charge in [-0.1, -0.05) is 29.3 Å². The first-order valence-electron chi connectivity index (χ1n) is 8.45. The first kappa shape index (κ1) is 21.8. The molecule has 0 radical (unpaired) electrons. The molecule has 0 saturated carbocycles. The highest BCUT2D eigenvalue weighted by Gasteiger charge is 2.17. The van der Waals surface area contributed by atoms with Gasteiger partial charge in [-0.25, -0.2) is 18.0 Å². The van der Waals surface area contributed by atoms with Gasteiger partial charge in [-0.2, -0.15) is 0 Å². The molecule has 3 aromatic carbocycles. The normalized spacial score (nSPS) is 10.8. The molecule has 0 unspecified atom stereocenters. The minimum Gasteiger partial charge on any atom is -0.507 e. The summed E-state index contributed by atoms with van der Waals surface area (Å²) in [4.78, 5) is 10.6. The summed E-state index contributed by atoms with van der Waals surface area (Å²) >= 11 is 12.4. The molecular weight excluding hydrogens is 444 g/mol. The smallest absolute Gasteiger partial charge is 0.341 e. The van der Waals surface area contributed by atoms with Crippen molar-refractivity contribution in [3.05, 3.63) is 81.1 Å². The summed E-state index contributed by atoms with van der Waals surface area (Å²) in [5, 5.41) is 19.0. The summed E-state index contributed by atoms with van der Waals surface area (Å²) in [5.41, 5.74) is 0.679. The summed E-state index contributed by atoms with van der Waals surface area (Å²) in [6.45, 7) is -0.587. The van der Waals surface area contributed by atoms with Gasteiger partial charge in [0.05, 0.1) is 0 Å². The molecule has 0 amide bonds. The Morgan fingerprint density at radius 3 is 2.20 bits per heavy atom. The van der Waals surface area contributed by atoms with Crippen molar-refractivity contribution >= 4 is 29.2 Å². The van der Waals surface area contributed by atoms with Crippen molar-refractivity contribution in [3.63, 3.8) is 0 Å². The number of rotatable bonds is 6. The van der Waals surface area contributed by atoms with Crippen LogP contribution in [-0.2, 0) is 11.2 Å². The van der Waals surface area contributed by atoms with Crippen LogP contribution in [0.2, 0.25) is 10.0 Å². The zero-order chi connectivity index (χ0) is 22.0. The molecule has 0 aliphatic rings. The van der Waals surface area contributed by atoms with E-state index in [1.165, 1.54) is 24.3 Å². The zero-order valence-corrected chi connectivity index (χ0v) is 16.6. The Balaban J connectivity index is 1.97. The number of benzene rings is 3. The molecule has 0 atom stereocenters. The molecule has 3 aromatic rings. The van der Waals surface area contributed by atoms with E-state index in [0.29, 0.717) is 5.56 Å². The molecule has 4 nitrogen and oxygen atoms in total. The van der Waals surface area contributed by atoms with Crippen molar-refractivity contribution in [1.82, 2.24) is 0 Å². The monoisotopic (exact) mass is 456 g/mol. The number of aliphatic carboxylic acids is 1. The van der Waals surface area contributed by atoms with E-state index in [1.54, 1.807) is 0 Å². The molecule has 2 N–H and O–H groups in total. The SMILES string of the molecule is O=C(O)COc1cc(Cl)c(Cc2cc(-c3ccc(F)c(F)c3)c(O)cc2F)c(Cl)c1. The lowest BCUT2D eigenvalue weighted by molar-refractivity contribution is -0.139. The number of halogens is 5.